The molecule has 0 aliphatic carbocycles. The van der Waals surface area contributed by atoms with Crippen molar-refractivity contribution in [2.75, 3.05) is 20.8 Å². The molecule has 1 unspecified atom stereocenters. The Bertz CT molecular complexity index is 1050. The van der Waals surface area contributed by atoms with E-state index in [1.165, 1.54) is 0 Å². The Labute approximate surface area is 185 Å². The molecule has 0 N–H and O–H groups in total. The van der Waals surface area contributed by atoms with Gasteiger partial charge in [0.25, 0.3) is 5.91 Å². The van der Waals surface area contributed by atoms with E-state index >= 15 is 0 Å². The first-order valence-corrected chi connectivity index (χ1v) is 10.2. The summed E-state index contributed by atoms with van der Waals surface area (Å²) in [7, 11) is 3.23. The summed E-state index contributed by atoms with van der Waals surface area (Å²) >= 11 is 12.6. The fourth-order valence-electron chi connectivity index (χ4n) is 3.94. The van der Waals surface area contributed by atoms with Crippen LogP contribution in [0.15, 0.2) is 54.9 Å². The maximum atomic E-state index is 13.4. The number of aromatic nitrogens is 1. The third kappa shape index (κ3) is 3.83. The molecule has 1 aliphatic rings. The fourth-order valence-corrected chi connectivity index (χ4v) is 4.48. The first-order valence-electron chi connectivity index (χ1n) is 9.43. The molecule has 0 radical (unpaired) electrons. The van der Waals surface area contributed by atoms with Crippen molar-refractivity contribution in [2.24, 2.45) is 0 Å². The van der Waals surface area contributed by atoms with Crippen LogP contribution in [0.4, 0.5) is 0 Å². The van der Waals surface area contributed by atoms with Gasteiger partial charge >= 0.3 is 0 Å². The Morgan fingerprint density at radius 3 is 2.50 bits per heavy atom. The first kappa shape index (κ1) is 20.5. The van der Waals surface area contributed by atoms with Crippen LogP contribution in [0.3, 0.4) is 0 Å². The predicted molar refractivity (Wildman–Crippen MR) is 117 cm³/mol. The third-order valence-electron chi connectivity index (χ3n) is 5.23. The Kier molecular flexibility index (Phi) is 5.84. The SMILES string of the molecule is COc1cc2c(c(OC)c1)C(c1cc(Cl)cc(Cl)c1)N(C(=O)c1cccnc1)CC2. The zero-order valence-corrected chi connectivity index (χ0v) is 18.1. The van der Waals surface area contributed by atoms with E-state index in [1.807, 2.05) is 29.2 Å². The second-order valence-electron chi connectivity index (χ2n) is 7.00. The monoisotopic (exact) mass is 442 g/mol. The molecule has 0 spiro atoms. The van der Waals surface area contributed by atoms with E-state index in [9.17, 15) is 4.79 Å². The van der Waals surface area contributed by atoms with Crippen LogP contribution >= 0.6 is 23.2 Å². The number of methoxy groups -OCH3 is 2. The van der Waals surface area contributed by atoms with Crippen LogP contribution in [-0.4, -0.2) is 36.6 Å². The zero-order valence-electron chi connectivity index (χ0n) is 16.6. The molecule has 5 nitrogen and oxygen atoms in total. The van der Waals surface area contributed by atoms with Crippen molar-refractivity contribution < 1.29 is 14.3 Å². The number of benzene rings is 2. The predicted octanol–water partition coefficient (Wildman–Crippen LogP) is 5.19. The Morgan fingerprint density at radius 2 is 1.87 bits per heavy atom. The molecule has 2 heterocycles. The van der Waals surface area contributed by atoms with Gasteiger partial charge in [0.15, 0.2) is 0 Å². The highest BCUT2D eigenvalue weighted by atomic mass is 35.5. The van der Waals surface area contributed by atoms with E-state index in [0.29, 0.717) is 40.1 Å². The van der Waals surface area contributed by atoms with Gasteiger partial charge in [0.05, 0.1) is 25.8 Å². The maximum Gasteiger partial charge on any atom is 0.256 e. The van der Waals surface area contributed by atoms with Gasteiger partial charge in [-0.05, 0) is 53.9 Å². The number of hydrogen-bond donors (Lipinski definition) is 0. The van der Waals surface area contributed by atoms with Gasteiger partial charge in [0.2, 0.25) is 0 Å². The molecule has 1 aliphatic heterocycles. The Hall–Kier alpha value is -2.76. The third-order valence-corrected chi connectivity index (χ3v) is 5.67. The average Bonchev–Trinajstić information content (AvgIpc) is 2.76. The van der Waals surface area contributed by atoms with Gasteiger partial charge in [-0.2, -0.15) is 0 Å². The van der Waals surface area contributed by atoms with Crippen molar-refractivity contribution in [1.29, 1.82) is 0 Å². The summed E-state index contributed by atoms with van der Waals surface area (Å²) < 4.78 is 11.1. The lowest BCUT2D eigenvalue weighted by atomic mass is 9.86. The van der Waals surface area contributed by atoms with Gasteiger partial charge in [-0.15, -0.1) is 0 Å². The second-order valence-corrected chi connectivity index (χ2v) is 7.87. The number of halogens is 2. The minimum atomic E-state index is -0.418. The highest BCUT2D eigenvalue weighted by Gasteiger charge is 2.36. The van der Waals surface area contributed by atoms with Gasteiger partial charge in [-0.25, -0.2) is 0 Å². The largest absolute Gasteiger partial charge is 0.497 e. The minimum absolute atomic E-state index is 0.118. The molecule has 154 valence electrons. The highest BCUT2D eigenvalue weighted by molar-refractivity contribution is 6.34. The molecule has 4 rings (SSSR count). The van der Waals surface area contributed by atoms with Gasteiger partial charge in [-0.1, -0.05) is 23.2 Å². The van der Waals surface area contributed by atoms with Crippen molar-refractivity contribution in [2.45, 2.75) is 12.5 Å². The summed E-state index contributed by atoms with van der Waals surface area (Å²) in [6, 6.07) is 12.3. The number of ether oxygens (including phenoxy) is 2. The number of carbonyl (C=O) groups is 1. The lowest BCUT2D eigenvalue weighted by Crippen LogP contribution is -2.41. The van der Waals surface area contributed by atoms with E-state index in [1.54, 1.807) is 44.8 Å². The van der Waals surface area contributed by atoms with Crippen molar-refractivity contribution in [3.8, 4) is 11.5 Å². The van der Waals surface area contributed by atoms with Crippen molar-refractivity contribution >= 4 is 29.1 Å². The van der Waals surface area contributed by atoms with E-state index in [2.05, 4.69) is 4.98 Å². The smallest absolute Gasteiger partial charge is 0.256 e. The van der Waals surface area contributed by atoms with E-state index in [0.717, 1.165) is 16.7 Å². The second kappa shape index (κ2) is 8.54. The van der Waals surface area contributed by atoms with Crippen LogP contribution in [0.5, 0.6) is 11.5 Å². The van der Waals surface area contributed by atoms with E-state index < -0.39 is 6.04 Å². The molecule has 1 atom stereocenters. The highest BCUT2D eigenvalue weighted by Crippen LogP contribution is 2.44. The maximum absolute atomic E-state index is 13.4. The van der Waals surface area contributed by atoms with Gasteiger partial charge in [0, 0.05) is 40.6 Å². The fraction of sp³-hybridized carbons (Fsp3) is 0.217. The molecule has 1 aromatic heterocycles. The topological polar surface area (TPSA) is 51.7 Å². The molecule has 0 bridgehead atoms. The molecule has 0 saturated carbocycles. The molecular formula is C23H20Cl2N2O3. The first-order chi connectivity index (χ1) is 14.5. The molecule has 3 aromatic rings. The Balaban J connectivity index is 1.91. The lowest BCUT2D eigenvalue weighted by molar-refractivity contribution is 0.0692. The van der Waals surface area contributed by atoms with Crippen LogP contribution < -0.4 is 9.47 Å². The summed E-state index contributed by atoms with van der Waals surface area (Å²) in [6.45, 7) is 0.520. The van der Waals surface area contributed by atoms with Crippen LogP contribution in [0.25, 0.3) is 0 Å². The summed E-state index contributed by atoms with van der Waals surface area (Å²) in [6.07, 6.45) is 3.89. The molecule has 30 heavy (non-hydrogen) atoms. The van der Waals surface area contributed by atoms with Crippen LogP contribution in [0.2, 0.25) is 10.0 Å². The lowest BCUT2D eigenvalue weighted by Gasteiger charge is -2.38. The zero-order chi connectivity index (χ0) is 21.3. The number of amides is 1. The normalized spacial score (nSPS) is 15.5. The van der Waals surface area contributed by atoms with Crippen molar-refractivity contribution in [3.05, 3.63) is 87.2 Å². The summed E-state index contributed by atoms with van der Waals surface area (Å²) in [5.41, 5.74) is 3.29. The number of hydrogen-bond acceptors (Lipinski definition) is 4. The number of nitrogens with zero attached hydrogens (tertiary/aromatic N) is 2. The van der Waals surface area contributed by atoms with Crippen molar-refractivity contribution in [3.63, 3.8) is 0 Å². The molecule has 1 amide bonds. The minimum Gasteiger partial charge on any atom is -0.497 e. The number of pyridine rings is 1. The van der Waals surface area contributed by atoms with Crippen LogP contribution in [-0.2, 0) is 6.42 Å². The summed E-state index contributed by atoms with van der Waals surface area (Å²) in [4.78, 5) is 19.4. The molecular weight excluding hydrogens is 423 g/mol. The quantitative estimate of drug-likeness (QED) is 0.557. The van der Waals surface area contributed by atoms with E-state index in [4.69, 9.17) is 32.7 Å². The Morgan fingerprint density at radius 1 is 1.10 bits per heavy atom. The number of fused-ring (bicyclic) bond motifs is 1. The van der Waals surface area contributed by atoms with Crippen LogP contribution in [0, 0.1) is 0 Å². The van der Waals surface area contributed by atoms with Gasteiger partial charge in [-0.3, -0.25) is 9.78 Å². The van der Waals surface area contributed by atoms with Gasteiger partial charge < -0.3 is 14.4 Å². The average molecular weight is 443 g/mol. The standard InChI is InChI=1S/C23H20Cl2N2O3/c1-29-19-10-14-5-7-27(23(28)15-4-3-6-26-13-15)22(21(14)20(12-19)30-2)16-8-17(24)11-18(25)9-16/h3-4,6,8-13,22H,5,7H2,1-2H3. The number of carbonyl (C=O) groups excluding carboxylic acids is 1. The molecule has 0 fully saturated rings. The van der Waals surface area contributed by atoms with Gasteiger partial charge in [0.1, 0.15) is 11.5 Å². The summed E-state index contributed by atoms with van der Waals surface area (Å²) in [5.74, 6) is 1.24. The van der Waals surface area contributed by atoms with Crippen molar-refractivity contribution in [1.82, 2.24) is 9.88 Å². The van der Waals surface area contributed by atoms with Crippen LogP contribution in [0.1, 0.15) is 33.1 Å². The molecule has 7 heteroatoms. The molecule has 0 saturated heterocycles. The molecule has 2 aromatic carbocycles. The number of rotatable bonds is 4. The summed E-state index contributed by atoms with van der Waals surface area (Å²) in [5, 5.41) is 1.01. The van der Waals surface area contributed by atoms with E-state index in [-0.39, 0.29) is 5.91 Å².